The average Bonchev–Trinajstić information content (AvgIpc) is 3.25. The summed E-state index contributed by atoms with van der Waals surface area (Å²) < 4.78 is 0. The quantitative estimate of drug-likeness (QED) is 0.908. The van der Waals surface area contributed by atoms with Gasteiger partial charge in [-0.15, -0.1) is 0 Å². The van der Waals surface area contributed by atoms with Crippen molar-refractivity contribution in [1.29, 1.82) is 0 Å². The first-order valence-electron chi connectivity index (χ1n) is 7.51. The van der Waals surface area contributed by atoms with Crippen molar-refractivity contribution in [3.63, 3.8) is 0 Å². The van der Waals surface area contributed by atoms with Gasteiger partial charge in [-0.25, -0.2) is 4.98 Å². The number of nitrogens with one attached hydrogen (secondary N) is 1. The van der Waals surface area contributed by atoms with Crippen LogP contribution in [0.1, 0.15) is 12.0 Å². The van der Waals surface area contributed by atoms with E-state index in [9.17, 15) is 0 Å². The molecule has 0 saturated carbocycles. The summed E-state index contributed by atoms with van der Waals surface area (Å²) in [7, 11) is 0. The highest BCUT2D eigenvalue weighted by Crippen LogP contribution is 2.26. The van der Waals surface area contributed by atoms with Crippen molar-refractivity contribution in [3.05, 3.63) is 42.1 Å². The van der Waals surface area contributed by atoms with E-state index in [-0.39, 0.29) is 5.95 Å². The van der Waals surface area contributed by atoms with E-state index < -0.39 is 0 Å². The van der Waals surface area contributed by atoms with Crippen molar-refractivity contribution >= 4 is 40.2 Å². The largest absolute Gasteiger partial charge is 0.368 e. The van der Waals surface area contributed by atoms with Crippen molar-refractivity contribution in [2.45, 2.75) is 6.42 Å². The zero-order chi connectivity index (χ0) is 15.6. The molecule has 3 N–H and O–H groups in total. The smallest absolute Gasteiger partial charge is 0.222 e. The SMILES string of the molecule is Nc1nc(NCC2=NC=CC2)c2ccc(C3=CC=NC3)cc2n1. The molecule has 6 heteroatoms. The van der Waals surface area contributed by atoms with E-state index in [4.69, 9.17) is 5.73 Å². The van der Waals surface area contributed by atoms with Crippen LogP contribution in [0.3, 0.4) is 0 Å². The molecule has 6 nitrogen and oxygen atoms in total. The second-order valence-corrected chi connectivity index (χ2v) is 5.48. The summed E-state index contributed by atoms with van der Waals surface area (Å²) >= 11 is 0. The molecule has 0 fully saturated rings. The first-order chi connectivity index (χ1) is 11.3. The van der Waals surface area contributed by atoms with Gasteiger partial charge in [0.2, 0.25) is 5.95 Å². The van der Waals surface area contributed by atoms with E-state index >= 15 is 0 Å². The second-order valence-electron chi connectivity index (χ2n) is 5.48. The first kappa shape index (κ1) is 13.6. The zero-order valence-electron chi connectivity index (χ0n) is 12.5. The van der Waals surface area contributed by atoms with Crippen LogP contribution in [0.5, 0.6) is 0 Å². The maximum atomic E-state index is 5.87. The highest BCUT2D eigenvalue weighted by Gasteiger charge is 2.11. The molecule has 2 aromatic rings. The van der Waals surface area contributed by atoms with Gasteiger partial charge in [-0.2, -0.15) is 4.98 Å². The lowest BCUT2D eigenvalue weighted by Gasteiger charge is -2.11. The number of allylic oxidation sites excluding steroid dienone is 2. The number of hydrogen-bond donors (Lipinski definition) is 2. The van der Waals surface area contributed by atoms with Crippen LogP contribution >= 0.6 is 0 Å². The predicted molar refractivity (Wildman–Crippen MR) is 95.0 cm³/mol. The number of benzene rings is 1. The molecule has 2 aliphatic heterocycles. The van der Waals surface area contributed by atoms with Crippen LogP contribution in [0.15, 0.2) is 46.5 Å². The van der Waals surface area contributed by atoms with Crippen LogP contribution < -0.4 is 11.1 Å². The van der Waals surface area contributed by atoms with E-state index in [0.717, 1.165) is 34.4 Å². The molecular weight excluding hydrogens is 288 g/mol. The van der Waals surface area contributed by atoms with Gasteiger partial charge in [-0.3, -0.25) is 9.98 Å². The Kier molecular flexibility index (Phi) is 3.34. The van der Waals surface area contributed by atoms with Crippen LogP contribution in [0.4, 0.5) is 11.8 Å². The Morgan fingerprint density at radius 3 is 2.96 bits per heavy atom. The van der Waals surface area contributed by atoms with Gasteiger partial charge >= 0.3 is 0 Å². The summed E-state index contributed by atoms with van der Waals surface area (Å²) in [6.07, 6.45) is 8.59. The van der Waals surface area contributed by atoms with Gasteiger partial charge in [0.15, 0.2) is 0 Å². The number of nitrogens with two attached hydrogens (primary N) is 1. The van der Waals surface area contributed by atoms with Crippen LogP contribution in [0.2, 0.25) is 0 Å². The van der Waals surface area contributed by atoms with Crippen LogP contribution in [-0.4, -0.2) is 35.0 Å². The molecule has 2 aliphatic rings. The van der Waals surface area contributed by atoms with Crippen LogP contribution in [0, 0.1) is 0 Å². The summed E-state index contributed by atoms with van der Waals surface area (Å²) in [6.45, 7) is 1.36. The van der Waals surface area contributed by atoms with E-state index in [0.29, 0.717) is 13.1 Å². The van der Waals surface area contributed by atoms with Gasteiger partial charge < -0.3 is 11.1 Å². The molecule has 0 spiro atoms. The average molecular weight is 304 g/mol. The van der Waals surface area contributed by atoms with Gasteiger partial charge in [0, 0.05) is 29.9 Å². The predicted octanol–water partition coefficient (Wildman–Crippen LogP) is 2.45. The standard InChI is InChI=1S/C17H16N6/c18-17-22-15-8-11(12-5-7-19-9-12)3-4-14(15)16(23-17)21-10-13-2-1-6-20-13/h1,3-8H,2,9-10H2,(H3,18,21,22,23). The summed E-state index contributed by atoms with van der Waals surface area (Å²) in [6, 6.07) is 6.14. The van der Waals surface area contributed by atoms with Gasteiger partial charge in [-0.05, 0) is 29.3 Å². The Bertz CT molecular complexity index is 891. The minimum atomic E-state index is 0.264. The number of anilines is 2. The van der Waals surface area contributed by atoms with Crippen molar-refractivity contribution in [3.8, 4) is 0 Å². The first-order valence-corrected chi connectivity index (χ1v) is 7.51. The second kappa shape index (κ2) is 5.64. The Hall–Kier alpha value is -3.02. The maximum absolute atomic E-state index is 5.87. The Morgan fingerprint density at radius 1 is 1.22 bits per heavy atom. The molecule has 4 rings (SSSR count). The summed E-state index contributed by atoms with van der Waals surface area (Å²) in [4.78, 5) is 17.2. The summed E-state index contributed by atoms with van der Waals surface area (Å²) in [5.41, 5.74) is 10.1. The number of fused-ring (bicyclic) bond motifs is 1. The molecule has 0 amide bonds. The number of hydrogen-bond acceptors (Lipinski definition) is 6. The highest BCUT2D eigenvalue weighted by atomic mass is 15.1. The fourth-order valence-electron chi connectivity index (χ4n) is 2.72. The molecular formula is C17H16N6. The lowest BCUT2D eigenvalue weighted by molar-refractivity contribution is 1.20. The van der Waals surface area contributed by atoms with Crippen LogP contribution in [-0.2, 0) is 0 Å². The Balaban J connectivity index is 1.67. The molecule has 0 aliphatic carbocycles. The monoisotopic (exact) mass is 304 g/mol. The number of nitrogens with zero attached hydrogens (tertiary/aromatic N) is 4. The van der Waals surface area contributed by atoms with Gasteiger partial charge in [0.25, 0.3) is 0 Å². The number of rotatable bonds is 4. The summed E-state index contributed by atoms with van der Waals surface area (Å²) in [5, 5.41) is 4.27. The highest BCUT2D eigenvalue weighted by molar-refractivity contribution is 5.97. The van der Waals surface area contributed by atoms with Crippen molar-refractivity contribution < 1.29 is 0 Å². The molecule has 0 radical (unpaired) electrons. The Morgan fingerprint density at radius 2 is 2.17 bits per heavy atom. The summed E-state index contributed by atoms with van der Waals surface area (Å²) in [5.74, 6) is 1.01. The van der Waals surface area contributed by atoms with Crippen molar-refractivity contribution in [2.75, 3.05) is 24.1 Å². The fraction of sp³-hybridized carbons (Fsp3) is 0.176. The fourth-order valence-corrected chi connectivity index (χ4v) is 2.72. The molecule has 0 saturated heterocycles. The van der Waals surface area contributed by atoms with E-state index in [1.807, 2.05) is 36.7 Å². The minimum absolute atomic E-state index is 0.264. The molecule has 1 aromatic carbocycles. The third-order valence-electron chi connectivity index (χ3n) is 3.90. The molecule has 23 heavy (non-hydrogen) atoms. The van der Waals surface area contributed by atoms with E-state index in [2.05, 4.69) is 31.3 Å². The molecule has 1 aromatic heterocycles. The topological polar surface area (TPSA) is 88.5 Å². The van der Waals surface area contributed by atoms with Gasteiger partial charge in [-0.1, -0.05) is 12.1 Å². The van der Waals surface area contributed by atoms with Gasteiger partial charge in [0.05, 0.1) is 18.6 Å². The number of aromatic nitrogens is 2. The Labute approximate surface area is 133 Å². The maximum Gasteiger partial charge on any atom is 0.222 e. The molecule has 0 atom stereocenters. The minimum Gasteiger partial charge on any atom is -0.368 e. The van der Waals surface area contributed by atoms with E-state index in [1.54, 1.807) is 0 Å². The third kappa shape index (κ3) is 2.70. The molecule has 3 heterocycles. The number of aliphatic imine (C=N–C) groups is 2. The normalized spacial score (nSPS) is 16.0. The molecule has 114 valence electrons. The van der Waals surface area contributed by atoms with Gasteiger partial charge in [0.1, 0.15) is 5.82 Å². The zero-order valence-corrected chi connectivity index (χ0v) is 12.5. The van der Waals surface area contributed by atoms with Crippen LogP contribution in [0.25, 0.3) is 16.5 Å². The van der Waals surface area contributed by atoms with Crippen molar-refractivity contribution in [2.24, 2.45) is 9.98 Å². The molecule has 0 bridgehead atoms. The number of nitrogen functional groups attached to an aromatic ring is 1. The third-order valence-corrected chi connectivity index (χ3v) is 3.90. The lowest BCUT2D eigenvalue weighted by atomic mass is 10.0. The van der Waals surface area contributed by atoms with E-state index in [1.165, 1.54) is 5.57 Å². The van der Waals surface area contributed by atoms with Crippen molar-refractivity contribution in [1.82, 2.24) is 9.97 Å². The molecule has 0 unspecified atom stereocenters. The lowest BCUT2D eigenvalue weighted by Crippen LogP contribution is -2.14.